The van der Waals surface area contributed by atoms with E-state index in [4.69, 9.17) is 11.6 Å². The lowest BCUT2D eigenvalue weighted by atomic mass is 10.0. The van der Waals surface area contributed by atoms with Crippen molar-refractivity contribution in [3.05, 3.63) is 40.6 Å². The van der Waals surface area contributed by atoms with Gasteiger partial charge in [0.1, 0.15) is 23.0 Å². The first-order chi connectivity index (χ1) is 9.16. The van der Waals surface area contributed by atoms with Crippen LogP contribution in [0.4, 0.5) is 14.5 Å². The van der Waals surface area contributed by atoms with E-state index in [1.165, 1.54) is 18.5 Å². The normalized spacial score (nSPS) is 22.3. The van der Waals surface area contributed by atoms with E-state index in [2.05, 4.69) is 10.3 Å². The third-order valence-electron chi connectivity index (χ3n) is 3.36. The van der Waals surface area contributed by atoms with E-state index in [-0.39, 0.29) is 6.17 Å². The molecule has 1 saturated heterocycles. The van der Waals surface area contributed by atoms with E-state index >= 15 is 0 Å². The highest BCUT2D eigenvalue weighted by molar-refractivity contribution is 6.30. The van der Waals surface area contributed by atoms with Crippen LogP contribution in [0.25, 0.3) is 0 Å². The number of hydrogen-bond acceptors (Lipinski definition) is 3. The van der Waals surface area contributed by atoms with Crippen molar-refractivity contribution in [2.45, 2.75) is 19.0 Å². The molecule has 2 aliphatic heterocycles. The predicted molar refractivity (Wildman–Crippen MR) is 71.2 cm³/mol. The van der Waals surface area contributed by atoms with Crippen molar-refractivity contribution in [3.63, 3.8) is 0 Å². The maximum atomic E-state index is 13.9. The second-order valence-electron chi connectivity index (χ2n) is 4.53. The first-order valence-electron chi connectivity index (χ1n) is 6.05. The number of nitrogens with one attached hydrogen (secondary N) is 1. The molecule has 0 aliphatic carbocycles. The van der Waals surface area contributed by atoms with Crippen LogP contribution in [-0.4, -0.2) is 19.0 Å². The maximum absolute atomic E-state index is 13.9. The third-order valence-corrected chi connectivity index (χ3v) is 3.71. The molecule has 0 aromatic heterocycles. The highest BCUT2D eigenvalue weighted by Gasteiger charge is 2.31. The minimum Gasteiger partial charge on any atom is -0.344 e. The lowest BCUT2D eigenvalue weighted by Crippen LogP contribution is -2.43. The van der Waals surface area contributed by atoms with Crippen molar-refractivity contribution in [1.82, 2.24) is 5.32 Å². The number of benzene rings is 1. The summed E-state index contributed by atoms with van der Waals surface area (Å²) in [5.74, 6) is -1.16. The Morgan fingerprint density at radius 3 is 3.00 bits per heavy atom. The van der Waals surface area contributed by atoms with Gasteiger partial charge in [0, 0.05) is 18.2 Å². The van der Waals surface area contributed by atoms with Crippen LogP contribution in [0.3, 0.4) is 0 Å². The van der Waals surface area contributed by atoms with Gasteiger partial charge < -0.3 is 10.2 Å². The minimum absolute atomic E-state index is 0.303. The monoisotopic (exact) mass is 283 g/mol. The fourth-order valence-corrected chi connectivity index (χ4v) is 2.74. The van der Waals surface area contributed by atoms with E-state index in [1.54, 1.807) is 0 Å². The molecule has 1 aromatic carbocycles. The van der Waals surface area contributed by atoms with Crippen LogP contribution in [0.5, 0.6) is 0 Å². The Hall–Kier alpha value is -1.62. The van der Waals surface area contributed by atoms with Crippen molar-refractivity contribution < 1.29 is 8.78 Å². The number of aliphatic imine (C=N–C) groups is 1. The van der Waals surface area contributed by atoms with Gasteiger partial charge in [0.15, 0.2) is 0 Å². The molecule has 1 atom stereocenters. The Bertz CT molecular complexity index is 571. The predicted octanol–water partition coefficient (Wildman–Crippen LogP) is 2.97. The number of nitrogens with zero attached hydrogens (tertiary/aromatic N) is 2. The number of halogens is 3. The van der Waals surface area contributed by atoms with Crippen molar-refractivity contribution in [1.29, 1.82) is 0 Å². The van der Waals surface area contributed by atoms with Gasteiger partial charge in [-0.1, -0.05) is 11.6 Å². The van der Waals surface area contributed by atoms with Gasteiger partial charge in [0.2, 0.25) is 0 Å². The Labute approximate surface area is 114 Å². The van der Waals surface area contributed by atoms with E-state index in [0.717, 1.165) is 24.5 Å². The Morgan fingerprint density at radius 2 is 2.21 bits per heavy atom. The summed E-state index contributed by atoms with van der Waals surface area (Å²) in [5.41, 5.74) is 1.30. The highest BCUT2D eigenvalue weighted by Crippen LogP contribution is 2.33. The summed E-state index contributed by atoms with van der Waals surface area (Å²) in [4.78, 5) is 6.12. The lowest BCUT2D eigenvalue weighted by molar-refractivity contribution is 0.535. The molecule has 1 N–H and O–H groups in total. The lowest BCUT2D eigenvalue weighted by Gasteiger charge is -2.38. The average molecular weight is 284 g/mol. The molecule has 19 heavy (non-hydrogen) atoms. The van der Waals surface area contributed by atoms with Crippen LogP contribution in [-0.2, 0) is 0 Å². The Kier molecular flexibility index (Phi) is 3.14. The topological polar surface area (TPSA) is 27.6 Å². The standard InChI is InChI=1S/C13H12ClF2N3/c14-12-9-2-1-5-19(13(9)18-7-17-12)11-4-3-8(15)6-10(11)16/h3-4,6-7,13H,1-2,5H2,(H,17,18). The molecule has 0 spiro atoms. The molecule has 2 heterocycles. The van der Waals surface area contributed by atoms with Gasteiger partial charge in [-0.05, 0) is 25.0 Å². The zero-order valence-corrected chi connectivity index (χ0v) is 10.8. The summed E-state index contributed by atoms with van der Waals surface area (Å²) >= 11 is 6.10. The second kappa shape index (κ2) is 4.81. The van der Waals surface area contributed by atoms with Crippen LogP contribution >= 0.6 is 11.6 Å². The maximum Gasteiger partial charge on any atom is 0.149 e. The molecule has 1 unspecified atom stereocenters. The fraction of sp³-hybridized carbons (Fsp3) is 0.308. The molecule has 3 rings (SSSR count). The van der Waals surface area contributed by atoms with Crippen molar-refractivity contribution in [2.24, 2.45) is 4.99 Å². The zero-order valence-electron chi connectivity index (χ0n) is 10.0. The van der Waals surface area contributed by atoms with Gasteiger partial charge in [0.05, 0.1) is 12.0 Å². The summed E-state index contributed by atoms with van der Waals surface area (Å²) in [6.45, 7) is 0.665. The number of piperidine rings is 1. The fourth-order valence-electron chi connectivity index (χ4n) is 2.50. The van der Waals surface area contributed by atoms with Crippen molar-refractivity contribution in [2.75, 3.05) is 11.4 Å². The molecule has 2 aliphatic rings. The van der Waals surface area contributed by atoms with Gasteiger partial charge in [0.25, 0.3) is 0 Å². The molecule has 1 fully saturated rings. The second-order valence-corrected chi connectivity index (χ2v) is 4.91. The van der Waals surface area contributed by atoms with Crippen LogP contribution < -0.4 is 10.2 Å². The van der Waals surface area contributed by atoms with Gasteiger partial charge in [-0.25, -0.2) is 13.8 Å². The third kappa shape index (κ3) is 2.18. The van der Waals surface area contributed by atoms with Crippen molar-refractivity contribution in [3.8, 4) is 0 Å². The molecular formula is C13H12ClF2N3. The Balaban J connectivity index is 2.00. The summed E-state index contributed by atoms with van der Waals surface area (Å²) in [6.07, 6.45) is 2.89. The molecule has 0 saturated carbocycles. The molecule has 100 valence electrons. The van der Waals surface area contributed by atoms with Crippen LogP contribution in [0.15, 0.2) is 33.9 Å². The molecule has 0 radical (unpaired) electrons. The first kappa shape index (κ1) is 12.4. The van der Waals surface area contributed by atoms with Gasteiger partial charge in [-0.2, -0.15) is 0 Å². The first-order valence-corrected chi connectivity index (χ1v) is 6.43. The van der Waals surface area contributed by atoms with E-state index in [1.807, 2.05) is 4.90 Å². The van der Waals surface area contributed by atoms with Gasteiger partial charge in [-0.3, -0.25) is 0 Å². The van der Waals surface area contributed by atoms with Gasteiger partial charge >= 0.3 is 0 Å². The highest BCUT2D eigenvalue weighted by atomic mass is 35.5. The van der Waals surface area contributed by atoms with Crippen LogP contribution in [0.2, 0.25) is 0 Å². The number of hydrogen-bond donors (Lipinski definition) is 1. The Morgan fingerprint density at radius 1 is 1.37 bits per heavy atom. The van der Waals surface area contributed by atoms with E-state index in [0.29, 0.717) is 17.4 Å². The summed E-state index contributed by atoms with van der Waals surface area (Å²) < 4.78 is 26.9. The summed E-state index contributed by atoms with van der Waals surface area (Å²) in [5, 5.41) is 3.40. The van der Waals surface area contributed by atoms with Crippen LogP contribution in [0.1, 0.15) is 12.8 Å². The quantitative estimate of drug-likeness (QED) is 0.803. The molecule has 3 nitrogen and oxygen atoms in total. The molecule has 0 amide bonds. The minimum atomic E-state index is -0.583. The zero-order chi connectivity index (χ0) is 13.4. The van der Waals surface area contributed by atoms with Crippen molar-refractivity contribution >= 4 is 23.6 Å². The smallest absolute Gasteiger partial charge is 0.149 e. The molecule has 0 bridgehead atoms. The summed E-state index contributed by atoms with van der Waals surface area (Å²) in [7, 11) is 0. The molecule has 1 aromatic rings. The van der Waals surface area contributed by atoms with E-state index in [9.17, 15) is 8.78 Å². The molecule has 6 heteroatoms. The summed E-state index contributed by atoms with van der Waals surface area (Å²) in [6, 6.07) is 3.58. The van der Waals surface area contributed by atoms with Crippen LogP contribution in [0, 0.1) is 11.6 Å². The SMILES string of the molecule is Fc1ccc(N2CCCC3=C(Cl)NC=NC32)c(F)c1. The average Bonchev–Trinajstić information content (AvgIpc) is 2.39. The number of anilines is 1. The largest absolute Gasteiger partial charge is 0.344 e. The van der Waals surface area contributed by atoms with Gasteiger partial charge in [-0.15, -0.1) is 0 Å². The number of rotatable bonds is 1. The van der Waals surface area contributed by atoms with E-state index < -0.39 is 11.6 Å². The number of fused-ring (bicyclic) bond motifs is 1. The molecular weight excluding hydrogens is 272 g/mol.